The van der Waals surface area contributed by atoms with Crippen molar-refractivity contribution in [3.8, 4) is 0 Å². The van der Waals surface area contributed by atoms with Crippen LogP contribution < -0.4 is 5.73 Å². The first-order valence-electron chi connectivity index (χ1n) is 5.12. The van der Waals surface area contributed by atoms with E-state index in [4.69, 9.17) is 5.73 Å². The van der Waals surface area contributed by atoms with Crippen LogP contribution in [0.1, 0.15) is 18.0 Å². The lowest BCUT2D eigenvalue weighted by Gasteiger charge is -2.16. The Kier molecular flexibility index (Phi) is 3.02. The van der Waals surface area contributed by atoms with Gasteiger partial charge in [-0.05, 0) is 17.0 Å². The van der Waals surface area contributed by atoms with Gasteiger partial charge in [-0.1, -0.05) is 18.2 Å². The van der Waals surface area contributed by atoms with Gasteiger partial charge in [-0.3, -0.25) is 4.98 Å². The molecule has 0 spiro atoms. The second kappa shape index (κ2) is 4.33. The minimum absolute atomic E-state index is 0.502. The summed E-state index contributed by atoms with van der Waals surface area (Å²) in [7, 11) is 0. The van der Waals surface area contributed by atoms with Crippen molar-refractivity contribution in [2.24, 2.45) is 5.73 Å². The van der Waals surface area contributed by atoms with Gasteiger partial charge in [0.25, 0.3) is 0 Å². The molecule has 1 aromatic heterocycles. The molecule has 0 aliphatic rings. The number of nitrogens with two attached hydrogens (primary N) is 1. The molecule has 0 saturated heterocycles. The first kappa shape index (κ1) is 11.9. The third-order valence-corrected chi connectivity index (χ3v) is 2.57. The lowest BCUT2D eigenvalue weighted by atomic mass is 9.98. The van der Waals surface area contributed by atoms with E-state index in [0.717, 1.165) is 10.8 Å². The molecule has 0 aliphatic carbocycles. The highest BCUT2D eigenvalue weighted by Crippen LogP contribution is 2.31. The molecular formula is C12H11F3N2. The fourth-order valence-corrected chi connectivity index (χ4v) is 1.83. The van der Waals surface area contributed by atoms with Gasteiger partial charge in [0.05, 0.1) is 6.42 Å². The van der Waals surface area contributed by atoms with Crippen LogP contribution in [0.2, 0.25) is 0 Å². The van der Waals surface area contributed by atoms with E-state index in [9.17, 15) is 13.2 Å². The topological polar surface area (TPSA) is 38.9 Å². The fraction of sp³-hybridized carbons (Fsp3) is 0.250. The number of nitrogens with zero attached hydrogens (tertiary/aromatic N) is 1. The van der Waals surface area contributed by atoms with Gasteiger partial charge >= 0.3 is 6.18 Å². The molecule has 0 radical (unpaired) electrons. The lowest BCUT2D eigenvalue weighted by Crippen LogP contribution is -2.20. The highest BCUT2D eigenvalue weighted by Gasteiger charge is 2.31. The summed E-state index contributed by atoms with van der Waals surface area (Å²) in [6.45, 7) is 0. The van der Waals surface area contributed by atoms with E-state index in [-0.39, 0.29) is 0 Å². The summed E-state index contributed by atoms with van der Waals surface area (Å²) in [5.74, 6) is 0. The molecule has 2 N–H and O–H groups in total. The lowest BCUT2D eigenvalue weighted by molar-refractivity contribution is -0.138. The summed E-state index contributed by atoms with van der Waals surface area (Å²) < 4.78 is 36.9. The summed E-state index contributed by atoms with van der Waals surface area (Å²) in [4.78, 5) is 3.92. The van der Waals surface area contributed by atoms with Crippen LogP contribution in [0.15, 0.2) is 36.7 Å². The number of fused-ring (bicyclic) bond motifs is 1. The van der Waals surface area contributed by atoms with Gasteiger partial charge in [0.2, 0.25) is 0 Å². The Morgan fingerprint density at radius 2 is 2.00 bits per heavy atom. The van der Waals surface area contributed by atoms with Crippen LogP contribution >= 0.6 is 0 Å². The molecular weight excluding hydrogens is 229 g/mol. The SMILES string of the molecule is NC(CC(F)(F)F)c1cccc2cnccc12. The van der Waals surface area contributed by atoms with Crippen molar-refractivity contribution in [2.45, 2.75) is 18.6 Å². The predicted molar refractivity (Wildman–Crippen MR) is 59.3 cm³/mol. The molecule has 5 heteroatoms. The van der Waals surface area contributed by atoms with E-state index in [0.29, 0.717) is 5.56 Å². The Labute approximate surface area is 96.3 Å². The van der Waals surface area contributed by atoms with E-state index in [2.05, 4.69) is 4.98 Å². The highest BCUT2D eigenvalue weighted by molar-refractivity contribution is 5.85. The molecule has 1 unspecified atom stereocenters. The van der Waals surface area contributed by atoms with Crippen molar-refractivity contribution in [1.82, 2.24) is 4.98 Å². The van der Waals surface area contributed by atoms with Crippen molar-refractivity contribution in [3.63, 3.8) is 0 Å². The minimum Gasteiger partial charge on any atom is -0.324 e. The van der Waals surface area contributed by atoms with Gasteiger partial charge in [-0.2, -0.15) is 13.2 Å². The largest absolute Gasteiger partial charge is 0.390 e. The number of pyridine rings is 1. The molecule has 17 heavy (non-hydrogen) atoms. The summed E-state index contributed by atoms with van der Waals surface area (Å²) >= 11 is 0. The van der Waals surface area contributed by atoms with Crippen LogP contribution in [0.5, 0.6) is 0 Å². The van der Waals surface area contributed by atoms with Crippen LogP contribution in [-0.4, -0.2) is 11.2 Å². The first-order valence-corrected chi connectivity index (χ1v) is 5.12. The van der Waals surface area contributed by atoms with Crippen molar-refractivity contribution in [2.75, 3.05) is 0 Å². The van der Waals surface area contributed by atoms with E-state index in [1.165, 1.54) is 0 Å². The number of aromatic nitrogens is 1. The van der Waals surface area contributed by atoms with Crippen LogP contribution in [0.25, 0.3) is 10.8 Å². The van der Waals surface area contributed by atoms with Crippen LogP contribution in [0, 0.1) is 0 Å². The number of hydrogen-bond donors (Lipinski definition) is 1. The molecule has 2 rings (SSSR count). The maximum atomic E-state index is 12.3. The molecule has 0 fully saturated rings. The molecule has 0 saturated carbocycles. The number of halogens is 3. The molecule has 1 aromatic carbocycles. The Balaban J connectivity index is 2.41. The number of rotatable bonds is 2. The third-order valence-electron chi connectivity index (χ3n) is 2.57. The van der Waals surface area contributed by atoms with Crippen molar-refractivity contribution < 1.29 is 13.2 Å². The predicted octanol–water partition coefficient (Wildman–Crippen LogP) is 3.19. The van der Waals surface area contributed by atoms with Gasteiger partial charge < -0.3 is 5.73 Å². The van der Waals surface area contributed by atoms with Gasteiger partial charge in [0.15, 0.2) is 0 Å². The number of hydrogen-bond acceptors (Lipinski definition) is 2. The molecule has 2 nitrogen and oxygen atoms in total. The maximum Gasteiger partial charge on any atom is 0.390 e. The average Bonchev–Trinajstić information content (AvgIpc) is 2.26. The Hall–Kier alpha value is -1.62. The van der Waals surface area contributed by atoms with Gasteiger partial charge in [0, 0.05) is 23.8 Å². The normalized spacial score (nSPS) is 13.9. The van der Waals surface area contributed by atoms with Gasteiger partial charge in [-0.25, -0.2) is 0 Å². The second-order valence-corrected chi connectivity index (χ2v) is 3.87. The van der Waals surface area contributed by atoms with Crippen molar-refractivity contribution in [1.29, 1.82) is 0 Å². The zero-order chi connectivity index (χ0) is 12.5. The summed E-state index contributed by atoms with van der Waals surface area (Å²) in [6, 6.07) is 5.75. The van der Waals surface area contributed by atoms with E-state index >= 15 is 0 Å². The smallest absolute Gasteiger partial charge is 0.324 e. The number of alkyl halides is 3. The second-order valence-electron chi connectivity index (χ2n) is 3.87. The first-order chi connectivity index (χ1) is 7.97. The monoisotopic (exact) mass is 240 g/mol. The van der Waals surface area contributed by atoms with Crippen molar-refractivity contribution >= 4 is 10.8 Å². The van der Waals surface area contributed by atoms with Crippen LogP contribution in [0.4, 0.5) is 13.2 Å². The third kappa shape index (κ3) is 2.74. The molecule has 1 heterocycles. The highest BCUT2D eigenvalue weighted by atomic mass is 19.4. The number of benzene rings is 1. The van der Waals surface area contributed by atoms with Crippen molar-refractivity contribution in [3.05, 3.63) is 42.2 Å². The zero-order valence-corrected chi connectivity index (χ0v) is 8.91. The quantitative estimate of drug-likeness (QED) is 0.875. The summed E-state index contributed by atoms with van der Waals surface area (Å²) in [5.41, 5.74) is 6.11. The Morgan fingerprint density at radius 3 is 2.71 bits per heavy atom. The Bertz CT molecular complexity index is 517. The molecule has 0 aliphatic heterocycles. The molecule has 0 bridgehead atoms. The van der Waals surface area contributed by atoms with Gasteiger partial charge in [0.1, 0.15) is 0 Å². The fourth-order valence-electron chi connectivity index (χ4n) is 1.83. The average molecular weight is 240 g/mol. The summed E-state index contributed by atoms with van der Waals surface area (Å²) in [6.07, 6.45) is -2.12. The standard InChI is InChI=1S/C12H11F3N2/c13-12(14,15)6-11(16)10-3-1-2-8-7-17-5-4-9(8)10/h1-5,7,11H,6,16H2. The van der Waals surface area contributed by atoms with E-state index in [1.807, 2.05) is 0 Å². The Morgan fingerprint density at radius 1 is 1.24 bits per heavy atom. The molecule has 2 aromatic rings. The van der Waals surface area contributed by atoms with Crippen LogP contribution in [-0.2, 0) is 0 Å². The molecule has 1 atom stereocenters. The summed E-state index contributed by atoms with van der Waals surface area (Å²) in [5, 5.41) is 1.52. The zero-order valence-electron chi connectivity index (χ0n) is 8.91. The van der Waals surface area contributed by atoms with Gasteiger partial charge in [-0.15, -0.1) is 0 Å². The van der Waals surface area contributed by atoms with E-state index in [1.54, 1.807) is 36.7 Å². The van der Waals surface area contributed by atoms with Crippen LogP contribution in [0.3, 0.4) is 0 Å². The molecule has 90 valence electrons. The maximum absolute atomic E-state index is 12.3. The molecule has 0 amide bonds. The van der Waals surface area contributed by atoms with E-state index < -0.39 is 18.6 Å². The minimum atomic E-state index is -4.26.